The van der Waals surface area contributed by atoms with Crippen LogP contribution in [0.5, 0.6) is 0 Å². The number of hydrogen-bond donors (Lipinski definition) is 4. The first kappa shape index (κ1) is 19.7. The minimum Gasteiger partial charge on any atom is -0.479 e. The number of carboxylic acids is 1. The smallest absolute Gasteiger partial charge is 0.339 e. The number of carbonyl (C=O) groups is 2. The van der Waals surface area contributed by atoms with E-state index in [-0.39, 0.29) is 24.5 Å². The number of aliphatic carboxylic acids is 1. The number of ketones is 1. The predicted molar refractivity (Wildman–Crippen MR) is 96.9 cm³/mol. The lowest BCUT2D eigenvalue weighted by molar-refractivity contribution is -0.231. The zero-order valence-electron chi connectivity index (χ0n) is 16.2. The molecule has 154 valence electrons. The van der Waals surface area contributed by atoms with E-state index < -0.39 is 52.1 Å². The molecule has 4 aliphatic carbocycles. The van der Waals surface area contributed by atoms with Crippen molar-refractivity contribution in [3.63, 3.8) is 0 Å². The van der Waals surface area contributed by atoms with Gasteiger partial charge in [-0.25, -0.2) is 9.18 Å². The summed E-state index contributed by atoms with van der Waals surface area (Å²) in [6.07, 6.45) is 1.16. The molecular formula is C21H27FO6. The van der Waals surface area contributed by atoms with E-state index in [9.17, 15) is 30.0 Å². The Kier molecular flexibility index (Phi) is 3.89. The molecule has 0 bridgehead atoms. The lowest BCUT2D eigenvalue weighted by Gasteiger charge is -2.63. The summed E-state index contributed by atoms with van der Waals surface area (Å²) in [7, 11) is 0. The Morgan fingerprint density at radius 2 is 1.82 bits per heavy atom. The van der Waals surface area contributed by atoms with Gasteiger partial charge in [0.05, 0.1) is 12.2 Å². The van der Waals surface area contributed by atoms with E-state index in [1.54, 1.807) is 6.92 Å². The van der Waals surface area contributed by atoms with Crippen molar-refractivity contribution in [1.82, 2.24) is 0 Å². The van der Waals surface area contributed by atoms with E-state index in [2.05, 4.69) is 0 Å². The standard InChI is InChI=1S/C21H27FO6/c1-10-6-14-13-8-15(24)21(28,17(26)27)19(13,3)9-16(25)20(14,22)18(2)5-4-11(23)7-12(10)18/h4-5,7,10,13-16,24-25,28H,6,8-9H2,1-3H3,(H,26,27)/t10-,13-,14-,15+,16-,18-,19-,20-,21-/m0/s1. The van der Waals surface area contributed by atoms with Crippen LogP contribution in [-0.4, -0.2) is 55.7 Å². The normalized spacial score (nSPS) is 55.2. The number of fused-ring (bicyclic) bond motifs is 5. The fraction of sp³-hybridized carbons (Fsp3) is 0.714. The van der Waals surface area contributed by atoms with Gasteiger partial charge in [-0.15, -0.1) is 0 Å². The van der Waals surface area contributed by atoms with Gasteiger partial charge in [-0.2, -0.15) is 0 Å². The maximum absolute atomic E-state index is 16.9. The van der Waals surface area contributed by atoms with Crippen LogP contribution < -0.4 is 0 Å². The lowest BCUT2D eigenvalue weighted by Crippen LogP contribution is -2.70. The van der Waals surface area contributed by atoms with Gasteiger partial charge in [0.15, 0.2) is 17.1 Å². The van der Waals surface area contributed by atoms with Gasteiger partial charge in [-0.05, 0) is 50.2 Å². The molecule has 0 aromatic rings. The van der Waals surface area contributed by atoms with Crippen molar-refractivity contribution in [3.05, 3.63) is 23.8 Å². The average molecular weight is 394 g/mol. The second-order valence-corrected chi connectivity index (χ2v) is 9.62. The topological polar surface area (TPSA) is 115 Å². The van der Waals surface area contributed by atoms with E-state index in [4.69, 9.17) is 0 Å². The van der Waals surface area contributed by atoms with E-state index in [0.29, 0.717) is 12.0 Å². The van der Waals surface area contributed by atoms with Crippen LogP contribution in [0.2, 0.25) is 0 Å². The summed E-state index contributed by atoms with van der Waals surface area (Å²) in [6.45, 7) is 5.09. The lowest BCUT2D eigenvalue weighted by atomic mass is 9.43. The van der Waals surface area contributed by atoms with Gasteiger partial charge in [0.2, 0.25) is 0 Å². The molecule has 0 unspecified atom stereocenters. The summed E-state index contributed by atoms with van der Waals surface area (Å²) >= 11 is 0. The molecule has 0 saturated heterocycles. The summed E-state index contributed by atoms with van der Waals surface area (Å²) in [5.74, 6) is -3.31. The van der Waals surface area contributed by atoms with Crippen molar-refractivity contribution in [2.24, 2.45) is 28.6 Å². The van der Waals surface area contributed by atoms with Crippen molar-refractivity contribution in [2.75, 3.05) is 0 Å². The molecule has 4 aliphatic rings. The molecule has 0 spiro atoms. The fourth-order valence-electron chi connectivity index (χ4n) is 7.00. The zero-order chi connectivity index (χ0) is 20.9. The second-order valence-electron chi connectivity index (χ2n) is 9.62. The van der Waals surface area contributed by atoms with Gasteiger partial charge in [-0.1, -0.05) is 25.5 Å². The van der Waals surface area contributed by atoms with Gasteiger partial charge in [0.1, 0.15) is 0 Å². The minimum atomic E-state index is -2.45. The first-order chi connectivity index (χ1) is 12.8. The number of allylic oxidation sites excluding steroid dienone is 4. The maximum atomic E-state index is 16.9. The molecule has 4 rings (SSSR count). The van der Waals surface area contributed by atoms with Gasteiger partial charge in [0.25, 0.3) is 0 Å². The summed E-state index contributed by atoms with van der Waals surface area (Å²) in [5.41, 5.74) is -6.52. The summed E-state index contributed by atoms with van der Waals surface area (Å²) < 4.78 is 16.9. The molecule has 0 aromatic heterocycles. The van der Waals surface area contributed by atoms with E-state index >= 15 is 4.39 Å². The van der Waals surface area contributed by atoms with Crippen molar-refractivity contribution >= 4 is 11.8 Å². The first-order valence-electron chi connectivity index (χ1n) is 9.80. The Morgan fingerprint density at radius 1 is 1.18 bits per heavy atom. The van der Waals surface area contributed by atoms with Crippen LogP contribution in [0, 0.1) is 28.6 Å². The fourth-order valence-corrected chi connectivity index (χ4v) is 7.00. The predicted octanol–water partition coefficient (Wildman–Crippen LogP) is 1.39. The quantitative estimate of drug-likeness (QED) is 0.534. The Bertz CT molecular complexity index is 822. The van der Waals surface area contributed by atoms with E-state index in [1.807, 2.05) is 6.92 Å². The molecule has 7 heteroatoms. The number of carbonyl (C=O) groups excluding carboxylic acids is 1. The highest BCUT2D eigenvalue weighted by Gasteiger charge is 2.77. The maximum Gasteiger partial charge on any atom is 0.339 e. The second kappa shape index (κ2) is 5.52. The molecule has 0 amide bonds. The number of aliphatic hydroxyl groups is 3. The molecule has 4 N–H and O–H groups in total. The largest absolute Gasteiger partial charge is 0.479 e. The number of aliphatic hydroxyl groups excluding tert-OH is 2. The van der Waals surface area contributed by atoms with Crippen molar-refractivity contribution in [2.45, 2.75) is 63.5 Å². The van der Waals surface area contributed by atoms with Crippen LogP contribution in [0.15, 0.2) is 23.8 Å². The number of rotatable bonds is 1. The highest BCUT2D eigenvalue weighted by atomic mass is 19.1. The Balaban J connectivity index is 1.88. The Labute approximate surface area is 162 Å². The molecule has 0 aliphatic heterocycles. The summed E-state index contributed by atoms with van der Waals surface area (Å²) in [5, 5.41) is 42.1. The van der Waals surface area contributed by atoms with E-state index in [1.165, 1.54) is 25.2 Å². The highest BCUT2D eigenvalue weighted by Crippen LogP contribution is 2.70. The van der Waals surface area contributed by atoms with Gasteiger partial charge >= 0.3 is 5.97 Å². The van der Waals surface area contributed by atoms with Gasteiger partial charge in [-0.3, -0.25) is 4.79 Å². The molecule has 0 aromatic carbocycles. The van der Waals surface area contributed by atoms with Crippen molar-refractivity contribution in [1.29, 1.82) is 0 Å². The molecular weight excluding hydrogens is 367 g/mol. The Morgan fingerprint density at radius 3 is 2.43 bits per heavy atom. The van der Waals surface area contributed by atoms with Crippen LogP contribution in [0.3, 0.4) is 0 Å². The third-order valence-corrected chi connectivity index (χ3v) is 8.51. The molecule has 28 heavy (non-hydrogen) atoms. The number of carboxylic acid groups (broad SMARTS) is 1. The molecule has 6 nitrogen and oxygen atoms in total. The van der Waals surface area contributed by atoms with Crippen molar-refractivity contribution in [3.8, 4) is 0 Å². The monoisotopic (exact) mass is 394 g/mol. The van der Waals surface area contributed by atoms with E-state index in [0.717, 1.165) is 0 Å². The number of hydrogen-bond acceptors (Lipinski definition) is 5. The van der Waals surface area contributed by atoms with Gasteiger partial charge < -0.3 is 20.4 Å². The minimum absolute atomic E-state index is 0.0488. The average Bonchev–Trinajstić information content (AvgIpc) is 2.81. The van der Waals surface area contributed by atoms with Crippen LogP contribution in [0.1, 0.15) is 40.0 Å². The van der Waals surface area contributed by atoms with Crippen LogP contribution in [0.25, 0.3) is 0 Å². The van der Waals surface area contributed by atoms with Crippen LogP contribution >= 0.6 is 0 Å². The number of alkyl halides is 1. The summed E-state index contributed by atoms with van der Waals surface area (Å²) in [6, 6.07) is 0. The SMILES string of the molecule is C[C@H]1C[C@H]2[C@@H]3C[C@@H](O)[C@](O)(C(=O)O)[C@@]3(C)C[C@H](O)[C@]2(F)[C@@]2(C)C=CC(=O)C=C12. The molecule has 3 saturated carbocycles. The third-order valence-electron chi connectivity index (χ3n) is 8.51. The van der Waals surface area contributed by atoms with Gasteiger partial charge in [0, 0.05) is 16.7 Å². The molecule has 9 atom stereocenters. The van der Waals surface area contributed by atoms with Crippen LogP contribution in [0.4, 0.5) is 4.39 Å². The summed E-state index contributed by atoms with van der Waals surface area (Å²) in [4.78, 5) is 23.8. The molecule has 0 radical (unpaired) electrons. The zero-order valence-corrected chi connectivity index (χ0v) is 16.2. The van der Waals surface area contributed by atoms with Crippen molar-refractivity contribution < 1.29 is 34.4 Å². The third kappa shape index (κ3) is 1.93. The molecule has 0 heterocycles. The van der Waals surface area contributed by atoms with Crippen LogP contribution in [-0.2, 0) is 9.59 Å². The Hall–Kier alpha value is -1.57. The first-order valence-corrected chi connectivity index (χ1v) is 9.80. The molecule has 3 fully saturated rings. The highest BCUT2D eigenvalue weighted by molar-refractivity contribution is 6.01. The number of halogens is 1.